The predicted octanol–water partition coefficient (Wildman–Crippen LogP) is 6.11. The number of aliphatic hydroxyl groups is 1. The molecular formula is C55H70FN11O9S. The van der Waals surface area contributed by atoms with Gasteiger partial charge >= 0.3 is 0 Å². The third-order valence-electron chi connectivity index (χ3n) is 15.0. The van der Waals surface area contributed by atoms with Gasteiger partial charge < -0.3 is 45.1 Å². The topological polar surface area (TPSA) is 236 Å². The number of thiazole rings is 1. The minimum Gasteiger partial charge on any atom is -0.491 e. The molecular weight excluding hydrogens is 1010 g/mol. The maximum Gasteiger partial charge on any atom is 0.263 e. The Morgan fingerprint density at radius 3 is 2.36 bits per heavy atom. The van der Waals surface area contributed by atoms with Crippen molar-refractivity contribution in [1.29, 1.82) is 0 Å². The molecule has 6 heterocycles. The molecule has 3 atom stereocenters. The number of alkyl halides is 1. The monoisotopic (exact) mass is 1080 g/mol. The van der Waals surface area contributed by atoms with Crippen LogP contribution in [0.4, 0.5) is 21.8 Å². The number of aromatic nitrogens is 5. The third kappa shape index (κ3) is 12.8. The second-order valence-corrected chi connectivity index (χ2v) is 22.5. The SMILES string of the molecule is CC(=O)c1c(C)c2cnc(Nc3ccc(N4CCN(COCCOCCOc5cc([C@@H]6C[C@@H](O)CN6C(=O)[C@@H](NC(=O)C6(F)CC6)C(C)(C)C)ccc5CNC(=O)c5scnc5C)CC4)cn3)nc2n(C2CCCC2)c1=O. The number of Topliss-reactive ketones (excluding diaryl/α,β-unsaturated/α-hetero) is 1. The Bertz CT molecular complexity index is 3020. The number of carbonyl (C=O) groups excluding carboxylic acids is 4. The van der Waals surface area contributed by atoms with E-state index >= 15 is 0 Å². The fourth-order valence-corrected chi connectivity index (χ4v) is 11.2. The third-order valence-corrected chi connectivity index (χ3v) is 15.9. The molecule has 2 saturated heterocycles. The van der Waals surface area contributed by atoms with Crippen LogP contribution in [0.3, 0.4) is 0 Å². The number of nitrogens with one attached hydrogen (secondary N) is 3. The van der Waals surface area contributed by atoms with Gasteiger partial charge in [-0.2, -0.15) is 4.98 Å². The van der Waals surface area contributed by atoms with Gasteiger partial charge in [-0.3, -0.25) is 33.4 Å². The van der Waals surface area contributed by atoms with Crippen molar-refractivity contribution in [2.24, 2.45) is 5.41 Å². The summed E-state index contributed by atoms with van der Waals surface area (Å²) in [5, 5.41) is 20.4. The van der Waals surface area contributed by atoms with E-state index in [1.54, 1.807) is 35.0 Å². The highest BCUT2D eigenvalue weighted by Crippen LogP contribution is 2.42. The molecule has 1 aromatic carbocycles. The highest BCUT2D eigenvalue weighted by atomic mass is 32.1. The van der Waals surface area contributed by atoms with Gasteiger partial charge in [-0.25, -0.2) is 19.3 Å². The standard InChI is InChI=1S/C55H70FN11O9S/c1-33-41-29-59-53(63-48(41)67(38-9-7-8-10-38)50(71)45(33)35(3)68)61-44-14-13-39(28-57-44)65-19-17-64(18-20-65)32-75-22-21-74-23-24-76-43-25-36(11-12-37(43)27-58-49(70)46-34(2)60-31-77-46)42-26-40(69)30-66(42)51(72)47(54(4,5)6)62-52(73)55(56)15-16-55/h11-14,25,28-29,31,38,40,42,47,69H,7-10,15-24,26-27,30,32H2,1-6H3,(H,58,70)(H,62,73)(H,57,59,61,63)/t40-,42+,47-/m1/s1. The number of hydrogen-bond donors (Lipinski definition) is 4. The van der Waals surface area contributed by atoms with Crippen LogP contribution in [-0.4, -0.2) is 147 Å². The number of pyridine rings is 2. The first kappa shape index (κ1) is 55.3. The number of aryl methyl sites for hydroxylation is 2. The van der Waals surface area contributed by atoms with Gasteiger partial charge in [0.2, 0.25) is 11.9 Å². The van der Waals surface area contributed by atoms with Crippen LogP contribution >= 0.6 is 11.3 Å². The lowest BCUT2D eigenvalue weighted by Crippen LogP contribution is -2.56. The molecule has 0 bridgehead atoms. The average molecular weight is 1080 g/mol. The van der Waals surface area contributed by atoms with Gasteiger partial charge in [-0.15, -0.1) is 11.3 Å². The second kappa shape index (κ2) is 23.6. The summed E-state index contributed by atoms with van der Waals surface area (Å²) in [6.45, 7) is 15.3. The van der Waals surface area contributed by atoms with Crippen LogP contribution in [-0.2, 0) is 25.6 Å². The number of ether oxygens (including phenoxy) is 3. The highest BCUT2D eigenvalue weighted by Gasteiger charge is 2.53. The van der Waals surface area contributed by atoms with E-state index in [4.69, 9.17) is 19.2 Å². The summed E-state index contributed by atoms with van der Waals surface area (Å²) in [6, 6.07) is 7.77. The van der Waals surface area contributed by atoms with Crippen LogP contribution in [0.15, 0.2) is 53.0 Å². The number of likely N-dealkylation sites (tertiary alicyclic amines) is 1. The molecule has 3 amide bonds. The van der Waals surface area contributed by atoms with E-state index in [1.807, 2.05) is 57.3 Å². The number of benzene rings is 1. The highest BCUT2D eigenvalue weighted by molar-refractivity contribution is 7.11. The smallest absolute Gasteiger partial charge is 0.263 e. The zero-order valence-electron chi connectivity index (χ0n) is 44.7. The van der Waals surface area contributed by atoms with Crippen molar-refractivity contribution >= 4 is 63.3 Å². The molecule has 5 aromatic rings. The predicted molar refractivity (Wildman–Crippen MR) is 288 cm³/mol. The van der Waals surface area contributed by atoms with E-state index in [0.29, 0.717) is 75.8 Å². The lowest BCUT2D eigenvalue weighted by atomic mass is 9.85. The molecule has 0 unspecified atom stereocenters. The maximum atomic E-state index is 14.8. The van der Waals surface area contributed by atoms with Crippen molar-refractivity contribution in [3.8, 4) is 5.75 Å². The lowest BCUT2D eigenvalue weighted by molar-refractivity contribution is -0.142. The van der Waals surface area contributed by atoms with E-state index in [1.165, 1.54) is 18.3 Å². The Labute approximate surface area is 451 Å². The fourth-order valence-electron chi connectivity index (χ4n) is 10.4. The van der Waals surface area contributed by atoms with Crippen molar-refractivity contribution in [3.63, 3.8) is 0 Å². The number of nitrogens with zero attached hydrogens (tertiary/aromatic N) is 8. The van der Waals surface area contributed by atoms with Crippen molar-refractivity contribution in [2.45, 2.75) is 123 Å². The van der Waals surface area contributed by atoms with Crippen LogP contribution < -0.4 is 31.1 Å². The zero-order chi connectivity index (χ0) is 54.6. The van der Waals surface area contributed by atoms with Gasteiger partial charge in [0.15, 0.2) is 11.5 Å². The molecule has 0 spiro atoms. The molecule has 77 heavy (non-hydrogen) atoms. The van der Waals surface area contributed by atoms with Gasteiger partial charge in [0.25, 0.3) is 17.4 Å². The number of amides is 3. The molecule has 9 rings (SSSR count). The van der Waals surface area contributed by atoms with Crippen molar-refractivity contribution in [2.75, 3.05) is 76.1 Å². The van der Waals surface area contributed by atoms with E-state index in [9.17, 15) is 33.5 Å². The van der Waals surface area contributed by atoms with Crippen molar-refractivity contribution in [1.82, 2.24) is 44.9 Å². The number of β-amino-alcohol motifs (C(OH)–C–C–N with tert-alkyl or cyclic N) is 1. The minimum atomic E-state index is -1.95. The van der Waals surface area contributed by atoms with E-state index in [0.717, 1.165) is 57.5 Å². The fraction of sp³-hybridized carbons (Fsp3) is 0.545. The summed E-state index contributed by atoms with van der Waals surface area (Å²) in [5.41, 5.74) is 2.95. The second-order valence-electron chi connectivity index (χ2n) is 21.7. The largest absolute Gasteiger partial charge is 0.491 e. The first-order chi connectivity index (χ1) is 36.9. The Morgan fingerprint density at radius 1 is 0.948 bits per heavy atom. The molecule has 2 saturated carbocycles. The number of hydrogen-bond acceptors (Lipinski definition) is 17. The van der Waals surface area contributed by atoms with Crippen LogP contribution in [0.2, 0.25) is 0 Å². The Morgan fingerprint density at radius 2 is 1.69 bits per heavy atom. The number of rotatable bonds is 21. The number of aliphatic hydroxyl groups excluding tert-OH is 1. The normalized spacial score (nSPS) is 19.1. The van der Waals surface area contributed by atoms with Gasteiger partial charge in [0.05, 0.1) is 67.3 Å². The van der Waals surface area contributed by atoms with Crippen LogP contribution in [0.1, 0.15) is 127 Å². The Balaban J connectivity index is 0.743. The van der Waals surface area contributed by atoms with Crippen LogP contribution in [0.5, 0.6) is 5.75 Å². The number of anilines is 3. The van der Waals surface area contributed by atoms with E-state index in [-0.39, 0.29) is 74.4 Å². The molecule has 2 aliphatic heterocycles. The first-order valence-electron chi connectivity index (χ1n) is 26.6. The number of carbonyl (C=O) groups is 4. The number of piperazine rings is 1. The quantitative estimate of drug-likeness (QED) is 0.0479. The molecule has 2 aliphatic carbocycles. The number of fused-ring (bicyclic) bond motifs is 1. The molecule has 412 valence electrons. The molecule has 0 radical (unpaired) electrons. The Kier molecular flexibility index (Phi) is 17.0. The molecule has 4 N–H and O–H groups in total. The lowest BCUT2D eigenvalue weighted by Gasteiger charge is -2.36. The summed E-state index contributed by atoms with van der Waals surface area (Å²) in [4.78, 5) is 91.0. The Hall–Kier alpha value is -6.46. The van der Waals surface area contributed by atoms with E-state index < -0.39 is 41.1 Å². The van der Waals surface area contributed by atoms with Crippen LogP contribution in [0.25, 0.3) is 11.0 Å². The van der Waals surface area contributed by atoms with Crippen molar-refractivity contribution in [3.05, 3.63) is 91.4 Å². The molecule has 22 heteroatoms. The molecule has 20 nitrogen and oxygen atoms in total. The van der Waals surface area contributed by atoms with Gasteiger partial charge in [0.1, 0.15) is 34.7 Å². The van der Waals surface area contributed by atoms with E-state index in [2.05, 4.69) is 40.7 Å². The van der Waals surface area contributed by atoms with Gasteiger partial charge in [-0.05, 0) is 87.6 Å². The summed E-state index contributed by atoms with van der Waals surface area (Å²) in [5.74, 6) is -0.368. The maximum absolute atomic E-state index is 14.8. The number of ketones is 1. The molecule has 4 aromatic heterocycles. The minimum absolute atomic E-state index is 0.0144. The van der Waals surface area contributed by atoms with Gasteiger partial charge in [0, 0.05) is 62.5 Å². The summed E-state index contributed by atoms with van der Waals surface area (Å²) in [7, 11) is 0. The summed E-state index contributed by atoms with van der Waals surface area (Å²) in [6.07, 6.45) is 6.93. The summed E-state index contributed by atoms with van der Waals surface area (Å²) < 4.78 is 34.7. The molecule has 4 aliphatic rings. The van der Waals surface area contributed by atoms with Crippen LogP contribution in [0, 0.1) is 19.3 Å². The van der Waals surface area contributed by atoms with Gasteiger partial charge in [-0.1, -0.05) is 45.7 Å². The first-order valence-corrected chi connectivity index (χ1v) is 27.5. The zero-order valence-corrected chi connectivity index (χ0v) is 45.5. The number of halogens is 1. The summed E-state index contributed by atoms with van der Waals surface area (Å²) >= 11 is 1.26. The molecule has 4 fully saturated rings. The van der Waals surface area contributed by atoms with Crippen molar-refractivity contribution < 1.29 is 42.9 Å². The average Bonchev–Trinajstić information content (AvgIpc) is 3.78.